The van der Waals surface area contributed by atoms with Gasteiger partial charge in [0.25, 0.3) is 0 Å². The number of hydrogen-bond donors (Lipinski definition) is 0. The minimum atomic E-state index is -0.187. The Morgan fingerprint density at radius 3 is 3.00 bits per heavy atom. The highest BCUT2D eigenvalue weighted by atomic mass is 16.6. The van der Waals surface area contributed by atoms with Gasteiger partial charge in [0.05, 0.1) is 0 Å². The number of carbonyl (C=O) groups excluding carboxylic acids is 1. The van der Waals surface area contributed by atoms with Crippen LogP contribution < -0.4 is 0 Å². The fourth-order valence-corrected chi connectivity index (χ4v) is 2.23. The monoisotopic (exact) mass is 212 g/mol. The molecule has 0 saturated carbocycles. The molecule has 0 N–H and O–H groups in total. The predicted molar refractivity (Wildman–Crippen MR) is 61.4 cm³/mol. The molecule has 2 heteroatoms. The highest BCUT2D eigenvalue weighted by Gasteiger charge is 2.53. The third-order valence-corrected chi connectivity index (χ3v) is 3.19. The first kappa shape index (κ1) is 9.55. The fourth-order valence-electron chi connectivity index (χ4n) is 2.23. The third-order valence-electron chi connectivity index (χ3n) is 3.19. The number of allylic oxidation sites excluding steroid dienone is 2. The molecular formula is C14H12O2. The van der Waals surface area contributed by atoms with Crippen molar-refractivity contribution in [2.24, 2.45) is 0 Å². The van der Waals surface area contributed by atoms with Crippen LogP contribution in [0.2, 0.25) is 0 Å². The van der Waals surface area contributed by atoms with Crippen LogP contribution in [0.3, 0.4) is 0 Å². The Hall–Kier alpha value is -1.67. The number of carbonyl (C=O) groups is 1. The molecule has 0 aromatic heterocycles. The largest absolute Gasteiger partial charge is 0.357 e. The Balaban J connectivity index is 1.88. The van der Waals surface area contributed by atoms with Gasteiger partial charge in [-0.2, -0.15) is 0 Å². The second kappa shape index (κ2) is 3.42. The number of rotatable bonds is 3. The Morgan fingerprint density at radius 1 is 1.31 bits per heavy atom. The molecule has 0 spiro atoms. The van der Waals surface area contributed by atoms with E-state index in [2.05, 4.69) is 12.2 Å². The lowest BCUT2D eigenvalue weighted by Crippen LogP contribution is -2.17. The molecule has 1 fully saturated rings. The molecule has 1 saturated heterocycles. The molecule has 1 aliphatic carbocycles. The van der Waals surface area contributed by atoms with Crippen molar-refractivity contribution in [1.29, 1.82) is 0 Å². The van der Waals surface area contributed by atoms with Crippen molar-refractivity contribution in [2.45, 2.75) is 18.1 Å². The Labute approximate surface area is 94.2 Å². The summed E-state index contributed by atoms with van der Waals surface area (Å²) in [6.07, 6.45) is 10.0. The zero-order valence-electron chi connectivity index (χ0n) is 8.80. The van der Waals surface area contributed by atoms with E-state index in [1.54, 1.807) is 0 Å². The third kappa shape index (κ3) is 1.42. The molecule has 2 nitrogen and oxygen atoms in total. The molecule has 16 heavy (non-hydrogen) atoms. The van der Waals surface area contributed by atoms with Gasteiger partial charge in [-0.25, -0.2) is 0 Å². The van der Waals surface area contributed by atoms with E-state index in [1.807, 2.05) is 36.4 Å². The summed E-state index contributed by atoms with van der Waals surface area (Å²) in [4.78, 5) is 10.9. The second-order valence-electron chi connectivity index (χ2n) is 4.23. The highest BCUT2D eigenvalue weighted by Crippen LogP contribution is 2.44. The number of aldehydes is 1. The molecular weight excluding hydrogens is 200 g/mol. The lowest BCUT2D eigenvalue weighted by atomic mass is 9.91. The first-order chi connectivity index (χ1) is 7.84. The van der Waals surface area contributed by atoms with Crippen molar-refractivity contribution in [2.75, 3.05) is 0 Å². The number of ether oxygens (including phenoxy) is 1. The highest BCUT2D eigenvalue weighted by molar-refractivity contribution is 5.77. The van der Waals surface area contributed by atoms with E-state index >= 15 is 0 Å². The molecule has 1 aliphatic heterocycles. The van der Waals surface area contributed by atoms with Crippen molar-refractivity contribution in [3.8, 4) is 0 Å². The number of fused-ring (bicyclic) bond motifs is 1. The summed E-state index contributed by atoms with van der Waals surface area (Å²) in [5, 5.41) is 0. The first-order valence-electron chi connectivity index (χ1n) is 5.41. The number of hydrogen-bond acceptors (Lipinski definition) is 2. The van der Waals surface area contributed by atoms with E-state index in [-0.39, 0.29) is 11.7 Å². The maximum Gasteiger partial charge on any atom is 0.150 e. The summed E-state index contributed by atoms with van der Waals surface area (Å²) in [7, 11) is 0. The molecule has 3 rings (SSSR count). The predicted octanol–water partition coefficient (Wildman–Crippen LogP) is 2.31. The van der Waals surface area contributed by atoms with E-state index in [9.17, 15) is 4.79 Å². The van der Waals surface area contributed by atoms with Crippen molar-refractivity contribution in [3.05, 3.63) is 59.7 Å². The van der Waals surface area contributed by atoms with Gasteiger partial charge in [-0.1, -0.05) is 42.5 Å². The lowest BCUT2D eigenvalue weighted by Gasteiger charge is -2.10. The maximum absolute atomic E-state index is 10.9. The quantitative estimate of drug-likeness (QED) is 0.568. The van der Waals surface area contributed by atoms with E-state index in [0.29, 0.717) is 0 Å². The summed E-state index contributed by atoms with van der Waals surface area (Å²) in [5.74, 6) is 0. The standard InChI is InChI=1S/C14H12O2/c15-10-12-6-2-1-5-11(12)9-14-8-4-3-7-13(14)16-14/h1-8,10,13H,9H2. The summed E-state index contributed by atoms with van der Waals surface area (Å²) < 4.78 is 5.68. The lowest BCUT2D eigenvalue weighted by molar-refractivity contribution is 0.112. The average molecular weight is 212 g/mol. The van der Waals surface area contributed by atoms with E-state index in [4.69, 9.17) is 4.74 Å². The van der Waals surface area contributed by atoms with Crippen molar-refractivity contribution < 1.29 is 9.53 Å². The molecule has 0 amide bonds. The summed E-state index contributed by atoms with van der Waals surface area (Å²) >= 11 is 0. The van der Waals surface area contributed by atoms with Gasteiger partial charge >= 0.3 is 0 Å². The minimum absolute atomic E-state index is 0.187. The smallest absolute Gasteiger partial charge is 0.150 e. The molecule has 2 unspecified atom stereocenters. The topological polar surface area (TPSA) is 29.6 Å². The van der Waals surface area contributed by atoms with Gasteiger partial charge in [0, 0.05) is 12.0 Å². The second-order valence-corrected chi connectivity index (χ2v) is 4.23. The first-order valence-corrected chi connectivity index (χ1v) is 5.41. The SMILES string of the molecule is O=Cc1ccccc1CC12C=CC=CC1O2. The van der Waals surface area contributed by atoms with Crippen LogP contribution >= 0.6 is 0 Å². The Kier molecular flexibility index (Phi) is 2.04. The van der Waals surface area contributed by atoms with Crippen LogP contribution in [0.4, 0.5) is 0 Å². The zero-order valence-corrected chi connectivity index (χ0v) is 8.80. The normalized spacial score (nSPS) is 29.9. The van der Waals surface area contributed by atoms with Crippen LogP contribution in [0.5, 0.6) is 0 Å². The maximum atomic E-state index is 10.9. The summed E-state index contributed by atoms with van der Waals surface area (Å²) in [6, 6.07) is 7.67. The van der Waals surface area contributed by atoms with Gasteiger partial charge in [-0.3, -0.25) is 4.79 Å². The van der Waals surface area contributed by atoms with Crippen molar-refractivity contribution in [1.82, 2.24) is 0 Å². The fraction of sp³-hybridized carbons (Fsp3) is 0.214. The van der Waals surface area contributed by atoms with E-state index in [0.717, 1.165) is 23.8 Å². The molecule has 80 valence electrons. The summed E-state index contributed by atoms with van der Waals surface area (Å²) in [5.41, 5.74) is 1.63. The molecule has 2 atom stereocenters. The van der Waals surface area contributed by atoms with Crippen LogP contribution in [0.15, 0.2) is 48.6 Å². The number of benzene rings is 1. The minimum Gasteiger partial charge on any atom is -0.357 e. The van der Waals surface area contributed by atoms with Crippen LogP contribution in [-0.4, -0.2) is 18.0 Å². The Bertz CT molecular complexity index is 487. The van der Waals surface area contributed by atoms with Gasteiger partial charge in [0.1, 0.15) is 18.0 Å². The van der Waals surface area contributed by atoms with Crippen LogP contribution in [0.25, 0.3) is 0 Å². The zero-order chi connectivity index (χ0) is 11.0. The van der Waals surface area contributed by atoms with Crippen molar-refractivity contribution >= 4 is 6.29 Å². The van der Waals surface area contributed by atoms with Gasteiger partial charge in [-0.05, 0) is 11.6 Å². The molecule has 2 aliphatic rings. The van der Waals surface area contributed by atoms with E-state index < -0.39 is 0 Å². The number of epoxide rings is 1. The average Bonchev–Trinajstić information content (AvgIpc) is 3.03. The van der Waals surface area contributed by atoms with E-state index in [1.165, 1.54) is 0 Å². The molecule has 1 aromatic carbocycles. The molecule has 1 heterocycles. The van der Waals surface area contributed by atoms with Crippen LogP contribution in [-0.2, 0) is 11.2 Å². The van der Waals surface area contributed by atoms with Gasteiger partial charge < -0.3 is 4.74 Å². The Morgan fingerprint density at radius 2 is 2.19 bits per heavy atom. The molecule has 1 aromatic rings. The van der Waals surface area contributed by atoms with Gasteiger partial charge in [0.2, 0.25) is 0 Å². The summed E-state index contributed by atoms with van der Waals surface area (Å²) in [6.45, 7) is 0. The van der Waals surface area contributed by atoms with Crippen LogP contribution in [0.1, 0.15) is 15.9 Å². The molecule has 0 bridgehead atoms. The van der Waals surface area contributed by atoms with Crippen molar-refractivity contribution in [3.63, 3.8) is 0 Å². The van der Waals surface area contributed by atoms with Crippen LogP contribution in [0, 0.1) is 0 Å². The van der Waals surface area contributed by atoms with Gasteiger partial charge in [0.15, 0.2) is 0 Å². The molecule has 0 radical (unpaired) electrons. The van der Waals surface area contributed by atoms with Gasteiger partial charge in [-0.15, -0.1) is 0 Å².